The van der Waals surface area contributed by atoms with Crippen molar-refractivity contribution in [2.75, 3.05) is 6.61 Å². The van der Waals surface area contributed by atoms with E-state index in [9.17, 15) is 19.7 Å². The van der Waals surface area contributed by atoms with Gasteiger partial charge in [-0.3, -0.25) is 14.9 Å². The largest absolute Gasteiger partial charge is 0.480 e. The van der Waals surface area contributed by atoms with E-state index in [1.807, 2.05) is 0 Å². The molecule has 0 aliphatic rings. The van der Waals surface area contributed by atoms with Crippen molar-refractivity contribution in [2.45, 2.75) is 19.4 Å². The lowest BCUT2D eigenvalue weighted by Crippen LogP contribution is -2.42. The number of nitrogens with one attached hydrogen (secondary N) is 1. The van der Waals surface area contributed by atoms with E-state index in [4.69, 9.17) is 9.84 Å². The zero-order valence-corrected chi connectivity index (χ0v) is 11.9. The molecule has 0 heterocycles. The van der Waals surface area contributed by atoms with Gasteiger partial charge in [0, 0.05) is 6.07 Å². The van der Waals surface area contributed by atoms with Crippen LogP contribution in [0.25, 0.3) is 0 Å². The fourth-order valence-corrected chi connectivity index (χ4v) is 1.60. The van der Waals surface area contributed by atoms with E-state index in [0.29, 0.717) is 0 Å². The van der Waals surface area contributed by atoms with E-state index in [-0.39, 0.29) is 17.9 Å². The molecule has 8 heteroatoms. The summed E-state index contributed by atoms with van der Waals surface area (Å²) in [6.07, 6.45) is 3.43. The Morgan fingerprint density at radius 1 is 1.45 bits per heavy atom. The summed E-state index contributed by atoms with van der Waals surface area (Å²) in [4.78, 5) is 32.8. The fraction of sp³-hybridized carbons (Fsp3) is 0.286. The van der Waals surface area contributed by atoms with E-state index >= 15 is 0 Å². The second-order valence-corrected chi connectivity index (χ2v) is 4.28. The Hall–Kier alpha value is -2.90. The van der Waals surface area contributed by atoms with E-state index in [1.54, 1.807) is 19.1 Å². The molecule has 1 aromatic carbocycles. The number of nitro benzene ring substituents is 1. The van der Waals surface area contributed by atoms with Crippen LogP contribution in [0, 0.1) is 10.1 Å². The van der Waals surface area contributed by atoms with Crippen LogP contribution in [0.15, 0.2) is 36.4 Å². The van der Waals surface area contributed by atoms with Gasteiger partial charge in [-0.15, -0.1) is 0 Å². The normalized spacial score (nSPS) is 11.9. The number of hydrogen-bond acceptors (Lipinski definition) is 5. The number of para-hydroxylation sites is 2. The molecule has 1 amide bonds. The van der Waals surface area contributed by atoms with E-state index in [2.05, 4.69) is 5.32 Å². The Balaban J connectivity index is 2.62. The summed E-state index contributed by atoms with van der Waals surface area (Å²) in [7, 11) is 0. The summed E-state index contributed by atoms with van der Waals surface area (Å²) in [6.45, 7) is 1.23. The number of carboxylic acid groups (broad SMARTS) is 1. The highest BCUT2D eigenvalue weighted by atomic mass is 16.6. The van der Waals surface area contributed by atoms with Gasteiger partial charge in [-0.25, -0.2) is 4.79 Å². The maximum Gasteiger partial charge on any atom is 0.326 e. The summed E-state index contributed by atoms with van der Waals surface area (Å²) >= 11 is 0. The Labute approximate surface area is 126 Å². The van der Waals surface area contributed by atoms with Gasteiger partial charge in [0.15, 0.2) is 12.4 Å². The summed E-state index contributed by atoms with van der Waals surface area (Å²) in [5.41, 5.74) is -0.265. The van der Waals surface area contributed by atoms with Gasteiger partial charge in [0.25, 0.3) is 5.91 Å². The molecule has 1 atom stereocenters. The number of nitrogens with zero attached hydrogens (tertiary/aromatic N) is 1. The monoisotopic (exact) mass is 308 g/mol. The molecule has 1 rings (SSSR count). The lowest BCUT2D eigenvalue weighted by atomic mass is 10.2. The molecule has 0 fully saturated rings. The van der Waals surface area contributed by atoms with Crippen LogP contribution in [-0.2, 0) is 9.59 Å². The molecule has 0 saturated heterocycles. The molecule has 22 heavy (non-hydrogen) atoms. The molecule has 0 aliphatic carbocycles. The molecule has 0 aromatic heterocycles. The highest BCUT2D eigenvalue weighted by molar-refractivity contribution is 5.84. The Morgan fingerprint density at radius 2 is 2.14 bits per heavy atom. The Kier molecular flexibility index (Phi) is 6.55. The quantitative estimate of drug-likeness (QED) is 0.427. The third kappa shape index (κ3) is 5.23. The predicted molar refractivity (Wildman–Crippen MR) is 77.6 cm³/mol. The minimum absolute atomic E-state index is 0.0528. The number of carboxylic acids is 1. The van der Waals surface area contributed by atoms with Crippen molar-refractivity contribution in [3.05, 3.63) is 46.5 Å². The molecule has 0 bridgehead atoms. The van der Waals surface area contributed by atoms with Crippen molar-refractivity contribution in [3.63, 3.8) is 0 Å². The molecule has 0 saturated carbocycles. The molecule has 0 radical (unpaired) electrons. The molecule has 0 spiro atoms. The first-order valence-corrected chi connectivity index (χ1v) is 6.45. The number of allylic oxidation sites excluding steroid dienone is 1. The van der Waals surface area contributed by atoms with Crippen LogP contribution in [0.2, 0.25) is 0 Å². The number of amides is 1. The van der Waals surface area contributed by atoms with Crippen LogP contribution in [0.3, 0.4) is 0 Å². The standard InChI is InChI=1S/C14H16N2O6/c1-2-3-6-10(14(18)19)15-13(17)9-22-12-8-5-4-7-11(12)16(20)21/h2-5,7-8,10H,6,9H2,1H3,(H,15,17)(H,18,19)/b3-2+. The van der Waals surface area contributed by atoms with E-state index in [1.165, 1.54) is 24.3 Å². The highest BCUT2D eigenvalue weighted by Crippen LogP contribution is 2.25. The summed E-state index contributed by atoms with van der Waals surface area (Å²) < 4.78 is 5.08. The molecular weight excluding hydrogens is 292 g/mol. The first-order valence-electron chi connectivity index (χ1n) is 6.45. The third-order valence-corrected chi connectivity index (χ3v) is 2.66. The molecule has 2 N–H and O–H groups in total. The lowest BCUT2D eigenvalue weighted by molar-refractivity contribution is -0.385. The second kappa shape index (κ2) is 8.40. The maximum atomic E-state index is 11.7. The van der Waals surface area contributed by atoms with Crippen molar-refractivity contribution < 1.29 is 24.4 Å². The summed E-state index contributed by atoms with van der Waals surface area (Å²) in [5.74, 6) is -1.89. The van der Waals surface area contributed by atoms with Crippen molar-refractivity contribution in [1.29, 1.82) is 0 Å². The average Bonchev–Trinajstić information content (AvgIpc) is 2.49. The van der Waals surface area contributed by atoms with Crippen LogP contribution in [0.4, 0.5) is 5.69 Å². The van der Waals surface area contributed by atoms with Crippen LogP contribution in [0.5, 0.6) is 5.75 Å². The number of carbonyl (C=O) groups excluding carboxylic acids is 1. The average molecular weight is 308 g/mol. The van der Waals surface area contributed by atoms with Gasteiger partial charge in [-0.1, -0.05) is 24.3 Å². The third-order valence-electron chi connectivity index (χ3n) is 2.66. The first-order chi connectivity index (χ1) is 10.5. The van der Waals surface area contributed by atoms with Crippen LogP contribution < -0.4 is 10.1 Å². The number of ether oxygens (including phenoxy) is 1. The molecular formula is C14H16N2O6. The number of nitro groups is 1. The summed E-state index contributed by atoms with van der Waals surface area (Å²) in [5, 5.41) is 22.0. The van der Waals surface area contributed by atoms with Crippen molar-refractivity contribution >= 4 is 17.6 Å². The second-order valence-electron chi connectivity index (χ2n) is 4.28. The smallest absolute Gasteiger partial charge is 0.326 e. The fourth-order valence-electron chi connectivity index (χ4n) is 1.60. The Morgan fingerprint density at radius 3 is 2.73 bits per heavy atom. The molecule has 1 aromatic rings. The van der Waals surface area contributed by atoms with E-state index < -0.39 is 29.4 Å². The van der Waals surface area contributed by atoms with E-state index in [0.717, 1.165) is 0 Å². The maximum absolute atomic E-state index is 11.7. The van der Waals surface area contributed by atoms with Crippen LogP contribution >= 0.6 is 0 Å². The van der Waals surface area contributed by atoms with Crippen molar-refractivity contribution in [1.82, 2.24) is 5.32 Å². The van der Waals surface area contributed by atoms with Crippen LogP contribution in [0.1, 0.15) is 13.3 Å². The van der Waals surface area contributed by atoms with Gasteiger partial charge in [-0.05, 0) is 19.4 Å². The number of hydrogen-bond donors (Lipinski definition) is 2. The minimum Gasteiger partial charge on any atom is -0.480 e. The predicted octanol–water partition coefficient (Wildman–Crippen LogP) is 1.51. The number of carbonyl (C=O) groups is 2. The molecule has 0 aliphatic heterocycles. The topological polar surface area (TPSA) is 119 Å². The van der Waals surface area contributed by atoms with Gasteiger partial charge in [-0.2, -0.15) is 0 Å². The Bertz CT molecular complexity index is 584. The van der Waals surface area contributed by atoms with Gasteiger partial charge in [0.1, 0.15) is 6.04 Å². The number of rotatable bonds is 8. The van der Waals surface area contributed by atoms with Gasteiger partial charge in [0.2, 0.25) is 0 Å². The zero-order valence-electron chi connectivity index (χ0n) is 11.9. The minimum atomic E-state index is -1.17. The lowest BCUT2D eigenvalue weighted by Gasteiger charge is -2.13. The highest BCUT2D eigenvalue weighted by Gasteiger charge is 2.20. The van der Waals surface area contributed by atoms with Crippen LogP contribution in [-0.4, -0.2) is 34.6 Å². The SMILES string of the molecule is C/C=C/CC(NC(=O)COc1ccccc1[N+](=O)[O-])C(=O)O. The number of benzene rings is 1. The zero-order chi connectivity index (χ0) is 16.5. The molecule has 8 nitrogen and oxygen atoms in total. The van der Waals surface area contributed by atoms with Crippen molar-refractivity contribution in [2.24, 2.45) is 0 Å². The van der Waals surface area contributed by atoms with Gasteiger partial charge < -0.3 is 15.2 Å². The number of aliphatic carboxylic acids is 1. The first kappa shape index (κ1) is 17.2. The van der Waals surface area contributed by atoms with Crippen molar-refractivity contribution in [3.8, 4) is 5.75 Å². The molecule has 1 unspecified atom stereocenters. The van der Waals surface area contributed by atoms with Gasteiger partial charge in [0.05, 0.1) is 4.92 Å². The van der Waals surface area contributed by atoms with Gasteiger partial charge >= 0.3 is 11.7 Å². The molecule has 118 valence electrons. The summed E-state index contributed by atoms with van der Waals surface area (Å²) in [6, 6.07) is 4.55.